The van der Waals surface area contributed by atoms with Crippen molar-refractivity contribution in [3.05, 3.63) is 181 Å². The molecule has 0 N–H and O–H groups in total. The van der Waals surface area contributed by atoms with E-state index in [1.54, 1.807) is 0 Å². The predicted molar refractivity (Wildman–Crippen MR) is 222 cm³/mol. The van der Waals surface area contributed by atoms with E-state index >= 15 is 0 Å². The van der Waals surface area contributed by atoms with Gasteiger partial charge in [0.05, 0.1) is 23.0 Å². The Morgan fingerprint density at radius 1 is 0.396 bits per heavy atom. The topological polar surface area (TPSA) is 49.6 Å². The second kappa shape index (κ2) is 12.7. The van der Waals surface area contributed by atoms with Gasteiger partial charge in [-0.25, -0.2) is 9.97 Å². The van der Waals surface area contributed by atoms with Crippen LogP contribution in [0.1, 0.15) is 5.56 Å². The summed E-state index contributed by atoms with van der Waals surface area (Å²) in [5, 5.41) is 16.5. The molecule has 4 heteroatoms. The number of aromatic nitrogens is 2. The first-order valence-corrected chi connectivity index (χ1v) is 18.4. The molecule has 2 aromatic heterocycles. The third-order valence-electron chi connectivity index (χ3n) is 10.1. The summed E-state index contributed by atoms with van der Waals surface area (Å²) in [4.78, 5) is 10.3. The lowest BCUT2D eigenvalue weighted by atomic mass is 9.93. The van der Waals surface area contributed by atoms with Gasteiger partial charge in [-0.3, -0.25) is 0 Å². The first kappa shape index (κ1) is 30.9. The van der Waals surface area contributed by atoms with Gasteiger partial charge in [0.15, 0.2) is 5.82 Å². The zero-order valence-corrected chi connectivity index (χ0v) is 29.3. The first-order chi connectivity index (χ1) is 26.2. The van der Waals surface area contributed by atoms with Gasteiger partial charge in [0.1, 0.15) is 0 Å². The normalized spacial score (nSPS) is 11.4. The minimum Gasteiger partial charge on any atom is -0.228 e. The highest BCUT2D eigenvalue weighted by atomic mass is 32.1. The smallest absolute Gasteiger partial charge is 0.160 e. The van der Waals surface area contributed by atoms with Crippen LogP contribution in [0.3, 0.4) is 0 Å². The monoisotopic (exact) mass is 691 g/mol. The van der Waals surface area contributed by atoms with Gasteiger partial charge in [-0.15, -0.1) is 11.3 Å². The number of hydrogen-bond donors (Lipinski definition) is 0. The summed E-state index contributed by atoms with van der Waals surface area (Å²) in [5.41, 5.74) is 10.0. The van der Waals surface area contributed by atoms with Crippen LogP contribution in [0.15, 0.2) is 176 Å². The van der Waals surface area contributed by atoms with E-state index in [2.05, 4.69) is 140 Å². The zero-order chi connectivity index (χ0) is 35.3. The summed E-state index contributed by atoms with van der Waals surface area (Å²) in [7, 11) is 0. The first-order valence-electron chi connectivity index (χ1n) is 17.6. The lowest BCUT2D eigenvalue weighted by Crippen LogP contribution is -1.97. The Balaban J connectivity index is 1.08. The Kier molecular flexibility index (Phi) is 7.39. The van der Waals surface area contributed by atoms with Gasteiger partial charge < -0.3 is 0 Å². The molecule has 0 bridgehead atoms. The van der Waals surface area contributed by atoms with Gasteiger partial charge >= 0.3 is 0 Å². The molecular weight excluding hydrogens is 663 g/mol. The van der Waals surface area contributed by atoms with E-state index in [1.807, 2.05) is 53.8 Å². The van der Waals surface area contributed by atoms with Crippen molar-refractivity contribution in [2.45, 2.75) is 0 Å². The molecule has 8 aromatic carbocycles. The summed E-state index contributed by atoms with van der Waals surface area (Å²) < 4.78 is 2.64. The van der Waals surface area contributed by atoms with Gasteiger partial charge in [-0.2, -0.15) is 5.26 Å². The van der Waals surface area contributed by atoms with Crippen LogP contribution in [0.4, 0.5) is 0 Å². The molecule has 10 aromatic rings. The van der Waals surface area contributed by atoms with Crippen molar-refractivity contribution in [1.29, 1.82) is 5.26 Å². The van der Waals surface area contributed by atoms with Crippen molar-refractivity contribution in [3.8, 4) is 62.2 Å². The molecule has 0 spiro atoms. The highest BCUT2D eigenvalue weighted by Gasteiger charge is 2.16. The molecule has 0 atom stereocenters. The fourth-order valence-corrected chi connectivity index (χ4v) is 8.52. The molecule has 3 nitrogen and oxygen atoms in total. The lowest BCUT2D eigenvalue weighted by molar-refractivity contribution is 1.19. The van der Waals surface area contributed by atoms with Crippen LogP contribution in [0.25, 0.3) is 97.9 Å². The molecule has 2 heterocycles. The molecule has 0 aliphatic carbocycles. The Morgan fingerprint density at radius 3 is 1.77 bits per heavy atom. The number of fused-ring (bicyclic) bond motifs is 5. The molecule has 0 amide bonds. The standard InChI is InChI=1S/C49H29N3S/c50-30-31-14-16-32(17-15-31)39-23-24-42(41-11-5-4-10-40(39)41)46-29-45(51-49(52-46)33-8-2-1-3-9-33)38-21-20-34-26-35(18-19-36(34)27-38)37-22-25-48-44(28-37)43-12-6-7-13-47(43)53-48/h1-29H. The SMILES string of the molecule is N#Cc1ccc(-c2ccc(-c3cc(-c4ccc5cc(-c6ccc7sc8ccccc8c7c6)ccc5c4)nc(-c4ccccc4)n3)c3ccccc23)cc1. The van der Waals surface area contributed by atoms with Crippen molar-refractivity contribution >= 4 is 53.1 Å². The van der Waals surface area contributed by atoms with Gasteiger partial charge in [0, 0.05) is 36.9 Å². The van der Waals surface area contributed by atoms with Gasteiger partial charge in [0.25, 0.3) is 0 Å². The van der Waals surface area contributed by atoms with Crippen LogP contribution in [0.5, 0.6) is 0 Å². The number of hydrogen-bond acceptors (Lipinski definition) is 4. The summed E-state index contributed by atoms with van der Waals surface area (Å²) in [6.45, 7) is 0. The number of benzene rings is 8. The van der Waals surface area contributed by atoms with Crippen molar-refractivity contribution in [2.24, 2.45) is 0 Å². The fraction of sp³-hybridized carbons (Fsp3) is 0. The molecule has 0 saturated heterocycles. The minimum absolute atomic E-state index is 0.649. The largest absolute Gasteiger partial charge is 0.228 e. The third kappa shape index (κ3) is 5.52. The Hall–Kier alpha value is -6.93. The summed E-state index contributed by atoms with van der Waals surface area (Å²) in [6.07, 6.45) is 0. The summed E-state index contributed by atoms with van der Waals surface area (Å²) >= 11 is 1.85. The number of thiophene rings is 1. The van der Waals surface area contributed by atoms with Crippen LogP contribution in [0.2, 0.25) is 0 Å². The molecule has 0 aliphatic rings. The second-order valence-electron chi connectivity index (χ2n) is 13.3. The molecule has 246 valence electrons. The molecule has 53 heavy (non-hydrogen) atoms. The zero-order valence-electron chi connectivity index (χ0n) is 28.5. The number of nitriles is 1. The van der Waals surface area contributed by atoms with E-state index in [4.69, 9.17) is 9.97 Å². The molecule has 0 radical (unpaired) electrons. The average molecular weight is 692 g/mol. The second-order valence-corrected chi connectivity index (χ2v) is 14.4. The maximum atomic E-state index is 9.34. The highest BCUT2D eigenvalue weighted by Crippen LogP contribution is 2.39. The Labute approximate surface area is 310 Å². The van der Waals surface area contributed by atoms with E-state index in [-0.39, 0.29) is 0 Å². The number of rotatable bonds is 5. The minimum atomic E-state index is 0.649. The van der Waals surface area contributed by atoms with Crippen LogP contribution in [-0.2, 0) is 0 Å². The third-order valence-corrected chi connectivity index (χ3v) is 11.3. The van der Waals surface area contributed by atoms with Crippen molar-refractivity contribution in [2.75, 3.05) is 0 Å². The molecular formula is C49H29N3S. The maximum absolute atomic E-state index is 9.34. The lowest BCUT2D eigenvalue weighted by Gasteiger charge is -2.14. The predicted octanol–water partition coefficient (Wildman–Crippen LogP) is 13.4. The van der Waals surface area contributed by atoms with E-state index in [1.165, 1.54) is 36.7 Å². The van der Waals surface area contributed by atoms with E-state index in [0.717, 1.165) is 55.4 Å². The molecule has 0 saturated carbocycles. The van der Waals surface area contributed by atoms with Gasteiger partial charge in [-0.1, -0.05) is 127 Å². The van der Waals surface area contributed by atoms with Gasteiger partial charge in [0.2, 0.25) is 0 Å². The summed E-state index contributed by atoms with van der Waals surface area (Å²) in [5.74, 6) is 0.685. The van der Waals surface area contributed by atoms with E-state index in [9.17, 15) is 5.26 Å². The average Bonchev–Trinajstić information content (AvgIpc) is 3.61. The maximum Gasteiger partial charge on any atom is 0.160 e. The molecule has 0 aliphatic heterocycles. The number of nitrogens with zero attached hydrogens (tertiary/aromatic N) is 3. The highest BCUT2D eigenvalue weighted by molar-refractivity contribution is 7.25. The van der Waals surface area contributed by atoms with Crippen LogP contribution >= 0.6 is 11.3 Å². The molecule has 0 unspecified atom stereocenters. The Morgan fingerprint density at radius 2 is 0.981 bits per heavy atom. The molecule has 10 rings (SSSR count). The van der Waals surface area contributed by atoms with Crippen molar-refractivity contribution in [1.82, 2.24) is 9.97 Å². The van der Waals surface area contributed by atoms with Crippen molar-refractivity contribution < 1.29 is 0 Å². The molecule has 0 fully saturated rings. The van der Waals surface area contributed by atoms with Gasteiger partial charge in [-0.05, 0) is 92.3 Å². The summed E-state index contributed by atoms with van der Waals surface area (Å²) in [6, 6.07) is 63.9. The Bertz CT molecular complexity index is 3060. The van der Waals surface area contributed by atoms with E-state index < -0.39 is 0 Å². The van der Waals surface area contributed by atoms with Crippen LogP contribution in [-0.4, -0.2) is 9.97 Å². The van der Waals surface area contributed by atoms with E-state index in [0.29, 0.717) is 11.4 Å². The quantitative estimate of drug-likeness (QED) is 0.180. The van der Waals surface area contributed by atoms with Crippen LogP contribution in [0, 0.1) is 11.3 Å². The fourth-order valence-electron chi connectivity index (χ4n) is 7.44. The van der Waals surface area contributed by atoms with Crippen molar-refractivity contribution in [3.63, 3.8) is 0 Å². The van der Waals surface area contributed by atoms with Crippen LogP contribution < -0.4 is 0 Å².